The van der Waals surface area contributed by atoms with E-state index >= 15 is 0 Å². The number of anilines is 1. The maximum atomic E-state index is 11.9. The normalized spacial score (nSPS) is 12.0. The molecule has 2 aromatic rings. The quantitative estimate of drug-likeness (QED) is 0.861. The van der Waals surface area contributed by atoms with Crippen LogP contribution in [-0.2, 0) is 11.3 Å². The van der Waals surface area contributed by atoms with Crippen LogP contribution in [0.25, 0.3) is 0 Å². The second kappa shape index (κ2) is 7.05. The fraction of sp³-hybridized carbons (Fsp3) is 0.278. The van der Waals surface area contributed by atoms with Gasteiger partial charge in [0.1, 0.15) is 0 Å². The van der Waals surface area contributed by atoms with Gasteiger partial charge in [0.05, 0.1) is 0 Å². The van der Waals surface area contributed by atoms with E-state index in [0.29, 0.717) is 19.5 Å². The predicted octanol–water partition coefficient (Wildman–Crippen LogP) is 2.84. The Labute approximate surface area is 135 Å². The van der Waals surface area contributed by atoms with Gasteiger partial charge in [-0.05, 0) is 36.2 Å². The number of benzene rings is 2. The highest BCUT2D eigenvalue weighted by atomic mass is 16.7. The number of para-hydroxylation sites is 1. The lowest BCUT2D eigenvalue weighted by Crippen LogP contribution is -2.24. The minimum Gasteiger partial charge on any atom is -0.454 e. The van der Waals surface area contributed by atoms with E-state index in [-0.39, 0.29) is 12.7 Å². The van der Waals surface area contributed by atoms with E-state index in [9.17, 15) is 4.79 Å². The fourth-order valence-electron chi connectivity index (χ4n) is 2.42. The van der Waals surface area contributed by atoms with Crippen molar-refractivity contribution in [1.82, 2.24) is 5.32 Å². The SMILES string of the molecule is Cc1ccccc1NCCC(=O)NCc1ccc2c(c1)OCO2. The van der Waals surface area contributed by atoms with E-state index < -0.39 is 0 Å². The van der Waals surface area contributed by atoms with Crippen molar-refractivity contribution in [2.24, 2.45) is 0 Å². The van der Waals surface area contributed by atoms with Crippen LogP contribution in [0.5, 0.6) is 11.5 Å². The molecule has 5 nitrogen and oxygen atoms in total. The van der Waals surface area contributed by atoms with Gasteiger partial charge in [-0.15, -0.1) is 0 Å². The van der Waals surface area contributed by atoms with Crippen molar-refractivity contribution in [1.29, 1.82) is 0 Å². The summed E-state index contributed by atoms with van der Waals surface area (Å²) in [5.74, 6) is 1.50. The molecule has 0 radical (unpaired) electrons. The number of rotatable bonds is 6. The molecule has 0 saturated carbocycles. The average molecular weight is 312 g/mol. The van der Waals surface area contributed by atoms with Crippen LogP contribution in [0.2, 0.25) is 0 Å². The van der Waals surface area contributed by atoms with Crippen LogP contribution >= 0.6 is 0 Å². The number of ether oxygens (including phenoxy) is 2. The third kappa shape index (κ3) is 3.94. The van der Waals surface area contributed by atoms with Gasteiger partial charge in [-0.2, -0.15) is 0 Å². The Kier molecular flexibility index (Phi) is 4.66. The molecule has 5 heteroatoms. The van der Waals surface area contributed by atoms with Crippen molar-refractivity contribution in [2.75, 3.05) is 18.7 Å². The van der Waals surface area contributed by atoms with E-state index in [0.717, 1.165) is 22.7 Å². The summed E-state index contributed by atoms with van der Waals surface area (Å²) in [6, 6.07) is 13.7. The summed E-state index contributed by atoms with van der Waals surface area (Å²) in [6.07, 6.45) is 0.429. The van der Waals surface area contributed by atoms with Crippen LogP contribution in [0.15, 0.2) is 42.5 Å². The van der Waals surface area contributed by atoms with Gasteiger partial charge in [-0.1, -0.05) is 24.3 Å². The lowest BCUT2D eigenvalue weighted by atomic mass is 10.2. The highest BCUT2D eigenvalue weighted by Crippen LogP contribution is 2.32. The van der Waals surface area contributed by atoms with E-state index in [1.54, 1.807) is 0 Å². The molecular formula is C18H20N2O3. The second-order valence-corrected chi connectivity index (χ2v) is 5.46. The molecule has 0 unspecified atom stereocenters. The number of amides is 1. The van der Waals surface area contributed by atoms with Crippen molar-refractivity contribution in [3.8, 4) is 11.5 Å². The average Bonchev–Trinajstić information content (AvgIpc) is 3.02. The molecule has 1 aliphatic rings. The van der Waals surface area contributed by atoms with Crippen molar-refractivity contribution in [2.45, 2.75) is 19.9 Å². The van der Waals surface area contributed by atoms with Crippen LogP contribution < -0.4 is 20.1 Å². The third-order valence-corrected chi connectivity index (χ3v) is 3.74. The molecular weight excluding hydrogens is 292 g/mol. The summed E-state index contributed by atoms with van der Waals surface area (Å²) in [6.45, 7) is 3.40. The molecule has 2 aromatic carbocycles. The van der Waals surface area contributed by atoms with Crippen molar-refractivity contribution >= 4 is 11.6 Å². The van der Waals surface area contributed by atoms with Gasteiger partial charge in [0, 0.05) is 25.2 Å². The van der Waals surface area contributed by atoms with Crippen molar-refractivity contribution < 1.29 is 14.3 Å². The van der Waals surface area contributed by atoms with Crippen LogP contribution in [0.4, 0.5) is 5.69 Å². The third-order valence-electron chi connectivity index (χ3n) is 3.74. The summed E-state index contributed by atoms with van der Waals surface area (Å²) in [5, 5.41) is 6.19. The van der Waals surface area contributed by atoms with Gasteiger partial charge < -0.3 is 20.1 Å². The van der Waals surface area contributed by atoms with Gasteiger partial charge in [0.2, 0.25) is 12.7 Å². The first-order valence-electron chi connectivity index (χ1n) is 7.67. The van der Waals surface area contributed by atoms with Crippen LogP contribution in [0, 0.1) is 6.92 Å². The fourth-order valence-corrected chi connectivity index (χ4v) is 2.42. The van der Waals surface area contributed by atoms with E-state index in [4.69, 9.17) is 9.47 Å². The lowest BCUT2D eigenvalue weighted by Gasteiger charge is -2.10. The number of carbonyl (C=O) groups is 1. The van der Waals surface area contributed by atoms with Crippen LogP contribution in [0.1, 0.15) is 17.5 Å². The minimum absolute atomic E-state index is 0.0174. The van der Waals surface area contributed by atoms with Gasteiger partial charge in [-0.25, -0.2) is 0 Å². The van der Waals surface area contributed by atoms with Gasteiger partial charge in [-0.3, -0.25) is 4.79 Å². The molecule has 3 rings (SSSR count). The number of nitrogens with one attached hydrogen (secondary N) is 2. The molecule has 0 atom stereocenters. The zero-order valence-corrected chi connectivity index (χ0v) is 13.1. The summed E-state index contributed by atoms with van der Waals surface area (Å²) >= 11 is 0. The number of hydrogen-bond acceptors (Lipinski definition) is 4. The van der Waals surface area contributed by atoms with Crippen LogP contribution in [-0.4, -0.2) is 19.2 Å². The largest absolute Gasteiger partial charge is 0.454 e. The van der Waals surface area contributed by atoms with Crippen molar-refractivity contribution in [3.05, 3.63) is 53.6 Å². The second-order valence-electron chi connectivity index (χ2n) is 5.46. The minimum atomic E-state index is 0.0174. The zero-order chi connectivity index (χ0) is 16.1. The van der Waals surface area contributed by atoms with Crippen LogP contribution in [0.3, 0.4) is 0 Å². The molecule has 0 bridgehead atoms. The molecule has 1 heterocycles. The topological polar surface area (TPSA) is 59.6 Å². The molecule has 0 fully saturated rings. The van der Waals surface area contributed by atoms with Crippen molar-refractivity contribution in [3.63, 3.8) is 0 Å². The molecule has 120 valence electrons. The molecule has 1 aliphatic heterocycles. The molecule has 0 aliphatic carbocycles. The molecule has 1 amide bonds. The summed E-state index contributed by atoms with van der Waals surface area (Å²) in [4.78, 5) is 11.9. The zero-order valence-electron chi connectivity index (χ0n) is 13.1. The Balaban J connectivity index is 1.42. The maximum absolute atomic E-state index is 11.9. The van der Waals surface area contributed by atoms with E-state index in [2.05, 4.69) is 10.6 Å². The Morgan fingerprint density at radius 1 is 1.13 bits per heavy atom. The molecule has 0 spiro atoms. The molecule has 2 N–H and O–H groups in total. The monoisotopic (exact) mass is 312 g/mol. The van der Waals surface area contributed by atoms with E-state index in [1.807, 2.05) is 49.4 Å². The van der Waals surface area contributed by atoms with Gasteiger partial charge in [0.25, 0.3) is 0 Å². The molecule has 0 aromatic heterocycles. The van der Waals surface area contributed by atoms with Gasteiger partial charge >= 0.3 is 0 Å². The smallest absolute Gasteiger partial charge is 0.231 e. The first kappa shape index (κ1) is 15.2. The number of carbonyl (C=O) groups excluding carboxylic acids is 1. The number of hydrogen-bond donors (Lipinski definition) is 2. The Morgan fingerprint density at radius 3 is 2.83 bits per heavy atom. The Bertz CT molecular complexity index is 700. The predicted molar refractivity (Wildman–Crippen MR) is 88.7 cm³/mol. The first-order chi connectivity index (χ1) is 11.2. The summed E-state index contributed by atoms with van der Waals surface area (Å²) in [7, 11) is 0. The van der Waals surface area contributed by atoms with Gasteiger partial charge in [0.15, 0.2) is 11.5 Å². The molecule has 23 heavy (non-hydrogen) atoms. The highest BCUT2D eigenvalue weighted by Gasteiger charge is 2.13. The molecule has 0 saturated heterocycles. The number of aryl methyl sites for hydroxylation is 1. The first-order valence-corrected chi connectivity index (χ1v) is 7.67. The highest BCUT2D eigenvalue weighted by molar-refractivity contribution is 5.76. The Hall–Kier alpha value is -2.69. The standard InChI is InChI=1S/C18H20N2O3/c1-13-4-2-3-5-15(13)19-9-8-18(21)20-11-14-6-7-16-17(10-14)23-12-22-16/h2-7,10,19H,8-9,11-12H2,1H3,(H,20,21). The maximum Gasteiger partial charge on any atom is 0.231 e. The Morgan fingerprint density at radius 2 is 1.96 bits per heavy atom. The van der Waals surface area contributed by atoms with E-state index in [1.165, 1.54) is 5.56 Å². The summed E-state index contributed by atoms with van der Waals surface area (Å²) < 4.78 is 10.6. The lowest BCUT2D eigenvalue weighted by molar-refractivity contribution is -0.121. The summed E-state index contributed by atoms with van der Waals surface area (Å²) in [5.41, 5.74) is 3.24. The number of fused-ring (bicyclic) bond motifs is 1.